The first-order valence-electron chi connectivity index (χ1n) is 25.9. The molecule has 1 aliphatic heterocycles. The number of aromatic nitrogens is 4. The minimum Gasteiger partial charge on any atom is -0.480 e. The van der Waals surface area contributed by atoms with E-state index in [4.69, 9.17) is 34.2 Å². The molecular formula is C50H75N11O17. The van der Waals surface area contributed by atoms with Gasteiger partial charge in [-0.25, -0.2) is 14.8 Å². The van der Waals surface area contributed by atoms with Crippen molar-refractivity contribution < 1.29 is 77.3 Å². The Morgan fingerprint density at radius 3 is 1.67 bits per heavy atom. The van der Waals surface area contributed by atoms with Crippen molar-refractivity contribution in [3.63, 3.8) is 0 Å². The van der Waals surface area contributed by atoms with E-state index in [-0.39, 0.29) is 98.6 Å². The number of hydrogen-bond acceptors (Lipinski definition) is 22. The number of aliphatic carboxylic acids is 3. The van der Waals surface area contributed by atoms with E-state index >= 15 is 0 Å². The molecule has 0 radical (unpaired) electrons. The molecule has 432 valence electrons. The number of hydrogen-bond donors (Lipinski definition) is 8. The monoisotopic (exact) mass is 1100 g/mol. The molecule has 1 saturated heterocycles. The predicted octanol–water partition coefficient (Wildman–Crippen LogP) is -0.736. The third-order valence-corrected chi connectivity index (χ3v) is 11.8. The largest absolute Gasteiger partial charge is 0.480 e. The number of nitrogens with two attached hydrogens (primary N) is 1. The van der Waals surface area contributed by atoms with Gasteiger partial charge in [0.05, 0.1) is 111 Å². The van der Waals surface area contributed by atoms with Crippen LogP contribution in [0.5, 0.6) is 0 Å². The number of ether oxygens (including phenoxy) is 6. The number of carbonyl (C=O) groups excluding carboxylic acids is 4. The lowest BCUT2D eigenvalue weighted by atomic mass is 10.1. The van der Waals surface area contributed by atoms with Crippen molar-refractivity contribution in [3.8, 4) is 0 Å². The smallest absolute Gasteiger partial charge is 0.326 e. The first kappa shape index (κ1) is 63.9. The van der Waals surface area contributed by atoms with Crippen molar-refractivity contribution in [1.29, 1.82) is 0 Å². The Hall–Kier alpha value is -6.63. The Morgan fingerprint density at radius 2 is 1.13 bits per heavy atom. The third kappa shape index (κ3) is 27.6. The van der Waals surface area contributed by atoms with Crippen LogP contribution in [0.15, 0.2) is 35.3 Å². The van der Waals surface area contributed by atoms with E-state index in [0.717, 1.165) is 0 Å². The molecule has 3 aromatic rings. The number of H-pyrrole nitrogens is 1. The summed E-state index contributed by atoms with van der Waals surface area (Å²) in [5, 5.41) is 36.5. The number of Topliss-reactive ketones (excluding diaryl/α,β-unsaturated/α-hetero) is 2. The minimum absolute atomic E-state index is 0.0183. The molecule has 0 bridgehead atoms. The predicted molar refractivity (Wildman–Crippen MR) is 280 cm³/mol. The third-order valence-electron chi connectivity index (χ3n) is 11.8. The van der Waals surface area contributed by atoms with Crippen LogP contribution in [-0.4, -0.2) is 242 Å². The topological polar surface area (TPSA) is 379 Å². The number of aromatic amines is 1. The lowest BCUT2D eigenvalue weighted by molar-refractivity contribution is -0.140. The van der Waals surface area contributed by atoms with Gasteiger partial charge in [-0.3, -0.25) is 53.2 Å². The summed E-state index contributed by atoms with van der Waals surface area (Å²) in [6.45, 7) is 7.06. The quantitative estimate of drug-likeness (QED) is 0.0325. The van der Waals surface area contributed by atoms with Crippen LogP contribution in [0.3, 0.4) is 0 Å². The normalized spacial score (nSPS) is 14.0. The van der Waals surface area contributed by atoms with Crippen molar-refractivity contribution in [3.05, 3.63) is 52.1 Å². The van der Waals surface area contributed by atoms with Gasteiger partial charge in [-0.05, 0) is 43.5 Å². The second-order valence-corrected chi connectivity index (χ2v) is 18.0. The van der Waals surface area contributed by atoms with Gasteiger partial charge < -0.3 is 65.4 Å². The Bertz CT molecular complexity index is 2370. The molecule has 28 heteroatoms. The summed E-state index contributed by atoms with van der Waals surface area (Å²) >= 11 is 0. The number of rotatable bonds is 41. The summed E-state index contributed by atoms with van der Waals surface area (Å²) in [7, 11) is 0. The molecule has 9 N–H and O–H groups in total. The summed E-state index contributed by atoms with van der Waals surface area (Å²) in [5.41, 5.74) is 6.52. The fourth-order valence-electron chi connectivity index (χ4n) is 7.61. The molecule has 0 spiro atoms. The molecule has 78 heavy (non-hydrogen) atoms. The maximum atomic E-state index is 12.8. The van der Waals surface area contributed by atoms with E-state index in [2.05, 4.69) is 35.9 Å². The lowest BCUT2D eigenvalue weighted by Gasteiger charge is -2.24. The van der Waals surface area contributed by atoms with Crippen molar-refractivity contribution in [2.45, 2.75) is 57.5 Å². The average Bonchev–Trinajstić information content (AvgIpc) is 3.48. The fraction of sp³-hybridized carbons (Fsp3) is 0.620. The van der Waals surface area contributed by atoms with Gasteiger partial charge in [-0.2, -0.15) is 4.98 Å². The maximum absolute atomic E-state index is 12.8. The highest BCUT2D eigenvalue weighted by Gasteiger charge is 2.23. The Morgan fingerprint density at radius 1 is 0.628 bits per heavy atom. The van der Waals surface area contributed by atoms with Gasteiger partial charge in [0, 0.05) is 89.4 Å². The zero-order valence-corrected chi connectivity index (χ0v) is 44.0. The molecule has 1 aliphatic rings. The van der Waals surface area contributed by atoms with Gasteiger partial charge in [0.25, 0.3) is 11.5 Å². The van der Waals surface area contributed by atoms with E-state index in [1.807, 2.05) is 4.90 Å². The van der Waals surface area contributed by atoms with E-state index in [0.29, 0.717) is 149 Å². The highest BCUT2D eigenvalue weighted by molar-refractivity contribution is 5.97. The number of carbonyl (C=O) groups is 7. The number of ketones is 2. The van der Waals surface area contributed by atoms with E-state index < -0.39 is 35.4 Å². The molecule has 0 unspecified atom stereocenters. The molecule has 2 amide bonds. The Labute approximate surface area is 451 Å². The van der Waals surface area contributed by atoms with E-state index in [1.165, 1.54) is 18.3 Å². The number of carboxylic acids is 3. The number of nitrogens with one attached hydrogen (secondary N) is 4. The van der Waals surface area contributed by atoms with Crippen molar-refractivity contribution in [1.82, 2.24) is 45.3 Å². The minimum atomic E-state index is -1.26. The van der Waals surface area contributed by atoms with Gasteiger partial charge in [-0.15, -0.1) is 0 Å². The molecule has 2 aromatic heterocycles. The number of carboxylic acid groups (broad SMARTS) is 3. The second-order valence-electron chi connectivity index (χ2n) is 18.0. The summed E-state index contributed by atoms with van der Waals surface area (Å²) in [4.78, 5) is 117. The number of nitrogen functional groups attached to an aromatic ring is 1. The van der Waals surface area contributed by atoms with Gasteiger partial charge in [0.15, 0.2) is 11.2 Å². The number of anilines is 2. The molecule has 0 saturated carbocycles. The Kier molecular flexibility index (Phi) is 30.5. The summed E-state index contributed by atoms with van der Waals surface area (Å²) in [5.74, 6) is -4.22. The molecule has 4 rings (SSSR count). The summed E-state index contributed by atoms with van der Waals surface area (Å²) in [6.07, 6.45) is 3.02. The van der Waals surface area contributed by atoms with Crippen molar-refractivity contribution >= 4 is 64.1 Å². The number of benzene rings is 1. The molecule has 3 heterocycles. The van der Waals surface area contributed by atoms with Gasteiger partial charge in [0.2, 0.25) is 11.9 Å². The first-order chi connectivity index (χ1) is 37.6. The van der Waals surface area contributed by atoms with Crippen LogP contribution in [0, 0.1) is 0 Å². The van der Waals surface area contributed by atoms with Gasteiger partial charge >= 0.3 is 17.9 Å². The zero-order valence-electron chi connectivity index (χ0n) is 44.0. The standard InChI is InChI=1S/C50H75N11O17/c51-50-57-46-45(48(70)58-50)55-38(32-54-46)31-53-37-7-5-36(6-8-37)47(69)56-41(49(71)72)10-9-39(62)4-2-19-73-21-23-75-25-27-77-29-30-78-28-26-76-24-22-74-20-11-40(63)3-1-12-52-42(64)33-59-13-15-60(34-43(65)66)17-18-61(16-14-59)35-44(67)68/h5-8,32,41,53H,1-4,9-31,33-35H2,(H,52,64)(H,56,69)(H,65,66)(H,67,68)(H,71,72)(H3,51,54,57,58,70)/t41-/m0/s1. The molecule has 1 fully saturated rings. The van der Waals surface area contributed by atoms with Crippen LogP contribution in [-0.2, 0) is 63.7 Å². The molecule has 1 aromatic carbocycles. The molecule has 1 atom stereocenters. The van der Waals surface area contributed by atoms with Gasteiger partial charge in [-0.1, -0.05) is 0 Å². The van der Waals surface area contributed by atoms with E-state index in [9.17, 15) is 53.7 Å². The zero-order chi connectivity index (χ0) is 56.3. The lowest BCUT2D eigenvalue weighted by Crippen LogP contribution is -2.43. The van der Waals surface area contributed by atoms with Crippen LogP contribution < -0.4 is 27.2 Å². The highest BCUT2D eigenvalue weighted by Crippen LogP contribution is 2.13. The highest BCUT2D eigenvalue weighted by atomic mass is 16.6. The van der Waals surface area contributed by atoms with Crippen LogP contribution in [0.1, 0.15) is 61.0 Å². The number of fused-ring (bicyclic) bond motifs is 1. The SMILES string of the molecule is Nc1nc2ncc(CNc3ccc(C(=O)N[C@@H](CCC(=O)CCCOCCOCCOCCOCCOCCOCCC(=O)CCCNC(=O)CN4CCN(CC(=O)O)CCN(CC(=O)O)CC4)C(=O)O)cc3)nc2c(=O)[nH]1. The first-order valence-corrected chi connectivity index (χ1v) is 25.9. The summed E-state index contributed by atoms with van der Waals surface area (Å²) < 4.78 is 33.0. The Balaban J connectivity index is 0.884. The van der Waals surface area contributed by atoms with Crippen molar-refractivity contribution in [2.24, 2.45) is 0 Å². The van der Waals surface area contributed by atoms with Crippen LogP contribution in [0.4, 0.5) is 11.6 Å². The maximum Gasteiger partial charge on any atom is 0.326 e. The second kappa shape index (κ2) is 37.2. The summed E-state index contributed by atoms with van der Waals surface area (Å²) in [6, 6.07) is 5.04. The number of amides is 2. The van der Waals surface area contributed by atoms with Crippen molar-refractivity contribution in [2.75, 3.05) is 156 Å². The fourth-order valence-corrected chi connectivity index (χ4v) is 7.61. The van der Waals surface area contributed by atoms with Gasteiger partial charge in [0.1, 0.15) is 17.6 Å². The van der Waals surface area contributed by atoms with Crippen LogP contribution in [0.2, 0.25) is 0 Å². The van der Waals surface area contributed by atoms with Crippen LogP contribution >= 0.6 is 0 Å². The molecule has 28 nitrogen and oxygen atoms in total. The molecule has 0 aliphatic carbocycles. The molecular weight excluding hydrogens is 1030 g/mol. The number of nitrogens with zero attached hydrogens (tertiary/aromatic N) is 6. The average molecular weight is 1100 g/mol. The van der Waals surface area contributed by atoms with Crippen LogP contribution in [0.25, 0.3) is 11.2 Å². The van der Waals surface area contributed by atoms with E-state index in [1.54, 1.807) is 21.9 Å².